The van der Waals surface area contributed by atoms with Crippen LogP contribution < -0.4 is 0 Å². The van der Waals surface area contributed by atoms with E-state index in [1.165, 1.54) is 11.8 Å². The van der Waals surface area contributed by atoms with Crippen LogP contribution in [0, 0.1) is 0 Å². The second-order valence-electron chi connectivity index (χ2n) is 5.56. The molecule has 1 aliphatic rings. The van der Waals surface area contributed by atoms with E-state index in [9.17, 15) is 19.5 Å². The molecule has 1 aromatic rings. The molecule has 0 unspecified atom stereocenters. The van der Waals surface area contributed by atoms with Gasteiger partial charge in [0.1, 0.15) is 12.1 Å². The third-order valence-electron chi connectivity index (χ3n) is 3.95. The van der Waals surface area contributed by atoms with E-state index < -0.39 is 29.9 Å². The van der Waals surface area contributed by atoms with Gasteiger partial charge in [-0.05, 0) is 18.4 Å². The van der Waals surface area contributed by atoms with Crippen LogP contribution in [0.3, 0.4) is 0 Å². The fourth-order valence-corrected chi connectivity index (χ4v) is 2.95. The minimum absolute atomic E-state index is 0.242. The highest BCUT2D eigenvalue weighted by Crippen LogP contribution is 2.22. The minimum atomic E-state index is -1.03. The molecule has 23 heavy (non-hydrogen) atoms. The average Bonchev–Trinajstić information content (AvgIpc) is 3.02. The predicted molar refractivity (Wildman–Crippen MR) is 84.7 cm³/mol. The van der Waals surface area contributed by atoms with E-state index in [0.29, 0.717) is 19.4 Å². The van der Waals surface area contributed by atoms with Crippen LogP contribution in [0.4, 0.5) is 0 Å². The fraction of sp³-hybridized carbons (Fsp3) is 0.438. The summed E-state index contributed by atoms with van der Waals surface area (Å²) in [4.78, 5) is 37.0. The van der Waals surface area contributed by atoms with Crippen LogP contribution >= 0.6 is 11.8 Å². The third kappa shape index (κ3) is 4.01. The van der Waals surface area contributed by atoms with Crippen molar-refractivity contribution in [3.8, 4) is 0 Å². The molecule has 0 bridgehead atoms. The Morgan fingerprint density at radius 2 is 2.00 bits per heavy atom. The van der Waals surface area contributed by atoms with E-state index in [1.807, 2.05) is 30.3 Å². The molecule has 1 fully saturated rings. The van der Waals surface area contributed by atoms with Crippen molar-refractivity contribution in [1.82, 2.24) is 9.32 Å². The van der Waals surface area contributed by atoms with Gasteiger partial charge in [0, 0.05) is 31.7 Å². The molecule has 1 aromatic carbocycles. The zero-order valence-corrected chi connectivity index (χ0v) is 13.6. The summed E-state index contributed by atoms with van der Waals surface area (Å²) >= 11 is 6.02. The molecule has 0 aromatic heterocycles. The molecule has 1 saturated heterocycles. The second-order valence-corrected chi connectivity index (χ2v) is 5.93. The number of amides is 2. The van der Waals surface area contributed by atoms with Crippen molar-refractivity contribution >= 4 is 29.6 Å². The molecular formula is C16H19ClN2O4. The van der Waals surface area contributed by atoms with Crippen molar-refractivity contribution in [3.63, 3.8) is 0 Å². The lowest BCUT2D eigenvalue weighted by Gasteiger charge is -2.30. The summed E-state index contributed by atoms with van der Waals surface area (Å²) in [7, 11) is 0. The molecule has 7 heteroatoms. The number of likely N-dealkylation sites (tertiary alicyclic amines) is 1. The maximum absolute atomic E-state index is 12.8. The summed E-state index contributed by atoms with van der Waals surface area (Å²) in [5.41, 5.74) is 0.851. The Labute approximate surface area is 139 Å². The Hall–Kier alpha value is -2.08. The molecule has 1 aliphatic heterocycles. The summed E-state index contributed by atoms with van der Waals surface area (Å²) in [6, 6.07) is 7.42. The normalized spacial score (nSPS) is 18.5. The third-order valence-corrected chi connectivity index (χ3v) is 4.43. The van der Waals surface area contributed by atoms with Crippen LogP contribution in [0.5, 0.6) is 0 Å². The standard InChI is InChI=1S/C16H19ClN2O4/c1-11(20)19(17)14(10-12-6-3-2-4-7-12)15(21)18-9-5-8-13(18)16(22)23/h2-4,6-7,13-14H,5,8-10H2,1H3,(H,22,23)/t13-,14-/m0/s1. The summed E-state index contributed by atoms with van der Waals surface area (Å²) in [5.74, 6) is -1.91. The summed E-state index contributed by atoms with van der Waals surface area (Å²) in [6.45, 7) is 1.64. The van der Waals surface area contributed by atoms with Crippen LogP contribution in [-0.4, -0.2) is 50.8 Å². The molecule has 2 amide bonds. The lowest BCUT2D eigenvalue weighted by molar-refractivity contribution is -0.150. The molecule has 0 aliphatic carbocycles. The van der Waals surface area contributed by atoms with Gasteiger partial charge in [-0.25, -0.2) is 9.21 Å². The van der Waals surface area contributed by atoms with Crippen LogP contribution in [0.15, 0.2) is 30.3 Å². The van der Waals surface area contributed by atoms with E-state index in [4.69, 9.17) is 11.8 Å². The SMILES string of the molecule is CC(=O)N(Cl)[C@@H](Cc1ccccc1)C(=O)N1CCC[C@H]1C(=O)O. The van der Waals surface area contributed by atoms with Crippen LogP contribution in [0.2, 0.25) is 0 Å². The number of carboxylic acid groups (broad SMARTS) is 1. The van der Waals surface area contributed by atoms with Gasteiger partial charge in [0.05, 0.1) is 0 Å². The Morgan fingerprint density at radius 3 is 2.57 bits per heavy atom. The highest BCUT2D eigenvalue weighted by Gasteiger charge is 2.39. The first kappa shape index (κ1) is 17.3. The molecular weight excluding hydrogens is 320 g/mol. The zero-order chi connectivity index (χ0) is 17.0. The van der Waals surface area contributed by atoms with E-state index in [0.717, 1.165) is 9.98 Å². The van der Waals surface area contributed by atoms with Crippen LogP contribution in [0.25, 0.3) is 0 Å². The van der Waals surface area contributed by atoms with Gasteiger partial charge in [-0.15, -0.1) is 0 Å². The summed E-state index contributed by atoms with van der Waals surface area (Å²) in [5, 5.41) is 9.24. The number of carbonyl (C=O) groups is 3. The Kier molecular flexibility index (Phi) is 5.60. The number of halogens is 1. The quantitative estimate of drug-likeness (QED) is 0.828. The van der Waals surface area contributed by atoms with E-state index in [1.54, 1.807) is 0 Å². The van der Waals surface area contributed by atoms with Crippen molar-refractivity contribution < 1.29 is 19.5 Å². The molecule has 1 N–H and O–H groups in total. The summed E-state index contributed by atoms with van der Waals surface area (Å²) in [6.07, 6.45) is 1.29. The van der Waals surface area contributed by atoms with Gasteiger partial charge in [0.15, 0.2) is 0 Å². The monoisotopic (exact) mass is 338 g/mol. The first-order valence-electron chi connectivity index (χ1n) is 7.44. The van der Waals surface area contributed by atoms with Gasteiger partial charge in [0.2, 0.25) is 11.8 Å². The molecule has 6 nitrogen and oxygen atoms in total. The first-order chi connectivity index (χ1) is 10.9. The molecule has 2 rings (SSSR count). The number of carboxylic acids is 1. The van der Waals surface area contributed by atoms with E-state index in [-0.39, 0.29) is 6.42 Å². The second kappa shape index (κ2) is 7.46. The van der Waals surface area contributed by atoms with Crippen molar-refractivity contribution in [1.29, 1.82) is 0 Å². The smallest absolute Gasteiger partial charge is 0.326 e. The number of benzene rings is 1. The largest absolute Gasteiger partial charge is 0.480 e. The first-order valence-corrected chi connectivity index (χ1v) is 7.78. The van der Waals surface area contributed by atoms with Crippen molar-refractivity contribution in [2.24, 2.45) is 0 Å². The summed E-state index contributed by atoms with van der Waals surface area (Å²) < 4.78 is 0.868. The maximum atomic E-state index is 12.8. The lowest BCUT2D eigenvalue weighted by atomic mass is 10.0. The molecule has 0 saturated carbocycles. The molecule has 0 spiro atoms. The molecule has 0 radical (unpaired) electrons. The predicted octanol–water partition coefficient (Wildman–Crippen LogP) is 1.68. The van der Waals surface area contributed by atoms with Crippen molar-refractivity contribution in [3.05, 3.63) is 35.9 Å². The van der Waals surface area contributed by atoms with E-state index >= 15 is 0 Å². The van der Waals surface area contributed by atoms with Gasteiger partial charge in [0.25, 0.3) is 0 Å². The zero-order valence-electron chi connectivity index (χ0n) is 12.8. The van der Waals surface area contributed by atoms with Gasteiger partial charge in [-0.3, -0.25) is 9.59 Å². The van der Waals surface area contributed by atoms with Gasteiger partial charge in [-0.1, -0.05) is 30.3 Å². The minimum Gasteiger partial charge on any atom is -0.480 e. The highest BCUT2D eigenvalue weighted by molar-refractivity contribution is 6.22. The van der Waals surface area contributed by atoms with Crippen molar-refractivity contribution in [2.75, 3.05) is 6.54 Å². The Balaban J connectivity index is 2.24. The molecule has 2 atom stereocenters. The molecule has 124 valence electrons. The number of nitrogens with zero attached hydrogens (tertiary/aromatic N) is 2. The van der Waals surface area contributed by atoms with Gasteiger partial charge >= 0.3 is 5.97 Å². The van der Waals surface area contributed by atoms with Gasteiger partial charge in [-0.2, -0.15) is 0 Å². The highest BCUT2D eigenvalue weighted by atomic mass is 35.5. The average molecular weight is 339 g/mol. The fourth-order valence-electron chi connectivity index (χ4n) is 2.80. The lowest BCUT2D eigenvalue weighted by Crippen LogP contribution is -2.51. The number of aliphatic carboxylic acids is 1. The van der Waals surface area contributed by atoms with Crippen LogP contribution in [0.1, 0.15) is 25.3 Å². The number of hydrogen-bond acceptors (Lipinski definition) is 3. The topological polar surface area (TPSA) is 77.9 Å². The number of hydrogen-bond donors (Lipinski definition) is 1. The molecule has 1 heterocycles. The van der Waals surface area contributed by atoms with Crippen molar-refractivity contribution in [2.45, 2.75) is 38.3 Å². The Bertz CT molecular complexity index is 593. The number of carbonyl (C=O) groups excluding carboxylic acids is 2. The maximum Gasteiger partial charge on any atom is 0.326 e. The van der Waals surface area contributed by atoms with E-state index in [2.05, 4.69) is 0 Å². The van der Waals surface area contributed by atoms with Crippen LogP contribution in [-0.2, 0) is 20.8 Å². The Morgan fingerprint density at radius 1 is 1.35 bits per heavy atom. The number of rotatable bonds is 5. The van der Waals surface area contributed by atoms with Gasteiger partial charge < -0.3 is 10.0 Å².